The standard InChI is InChI=1S/C25H24N2O6S/c1-14-20(24(29)33-5)21(15-9-11-17(30-2)12-10-15)27-23(28)19(34-25(27)26-14)13-16-7-6-8-18(31-3)22(16)32-4/h6-13,21H,1-5H3/t21-/m1/s1. The van der Waals surface area contributed by atoms with Crippen molar-refractivity contribution in [1.29, 1.82) is 0 Å². The molecule has 0 bridgehead atoms. The molecule has 0 aliphatic carbocycles. The number of rotatable bonds is 6. The van der Waals surface area contributed by atoms with Crippen LogP contribution in [0.2, 0.25) is 0 Å². The molecule has 176 valence electrons. The van der Waals surface area contributed by atoms with Crippen LogP contribution in [-0.4, -0.2) is 39.0 Å². The Labute approximate surface area is 200 Å². The minimum atomic E-state index is -0.691. The maximum absolute atomic E-state index is 13.7. The smallest absolute Gasteiger partial charge is 0.338 e. The fourth-order valence-corrected chi connectivity index (χ4v) is 5.00. The van der Waals surface area contributed by atoms with Crippen molar-refractivity contribution in [2.45, 2.75) is 13.0 Å². The van der Waals surface area contributed by atoms with E-state index in [0.717, 1.165) is 5.56 Å². The van der Waals surface area contributed by atoms with E-state index >= 15 is 0 Å². The Morgan fingerprint density at radius 1 is 1.03 bits per heavy atom. The highest BCUT2D eigenvalue weighted by Crippen LogP contribution is 2.32. The number of allylic oxidation sites excluding steroid dienone is 1. The molecular weight excluding hydrogens is 456 g/mol. The van der Waals surface area contributed by atoms with E-state index in [0.29, 0.717) is 43.4 Å². The molecule has 4 rings (SSSR count). The van der Waals surface area contributed by atoms with Gasteiger partial charge in [0.1, 0.15) is 5.75 Å². The predicted octanol–water partition coefficient (Wildman–Crippen LogP) is 2.43. The van der Waals surface area contributed by atoms with Crippen LogP contribution < -0.4 is 29.1 Å². The first-order chi connectivity index (χ1) is 16.4. The van der Waals surface area contributed by atoms with Gasteiger partial charge in [0.25, 0.3) is 5.56 Å². The Morgan fingerprint density at radius 3 is 2.38 bits per heavy atom. The molecule has 8 nitrogen and oxygen atoms in total. The highest BCUT2D eigenvalue weighted by atomic mass is 32.1. The summed E-state index contributed by atoms with van der Waals surface area (Å²) >= 11 is 1.24. The van der Waals surface area contributed by atoms with Gasteiger partial charge in [0.15, 0.2) is 16.3 Å². The Kier molecular flexibility index (Phi) is 6.56. The molecular formula is C25H24N2O6S. The number of hydrogen-bond donors (Lipinski definition) is 0. The summed E-state index contributed by atoms with van der Waals surface area (Å²) in [5, 5.41) is 0. The van der Waals surface area contributed by atoms with Crippen LogP contribution >= 0.6 is 11.3 Å². The van der Waals surface area contributed by atoms with Crippen LogP contribution in [0.25, 0.3) is 6.08 Å². The van der Waals surface area contributed by atoms with Crippen molar-refractivity contribution in [3.8, 4) is 17.2 Å². The number of aromatic nitrogens is 1. The Morgan fingerprint density at radius 2 is 1.76 bits per heavy atom. The van der Waals surface area contributed by atoms with Gasteiger partial charge in [-0.15, -0.1) is 0 Å². The summed E-state index contributed by atoms with van der Waals surface area (Å²) < 4.78 is 23.2. The molecule has 9 heteroatoms. The number of benzene rings is 2. The van der Waals surface area contributed by atoms with E-state index in [2.05, 4.69) is 4.99 Å². The summed E-state index contributed by atoms with van der Waals surface area (Å²) in [5.74, 6) is 1.21. The number of nitrogens with zero attached hydrogens (tertiary/aromatic N) is 2. The molecule has 0 spiro atoms. The number of thiazole rings is 1. The van der Waals surface area contributed by atoms with Crippen molar-refractivity contribution in [3.05, 3.63) is 84.5 Å². The van der Waals surface area contributed by atoms with Crippen molar-refractivity contribution in [2.24, 2.45) is 4.99 Å². The summed E-state index contributed by atoms with van der Waals surface area (Å²) in [5.41, 5.74) is 1.97. The van der Waals surface area contributed by atoms with Crippen LogP contribution in [0.4, 0.5) is 0 Å². The zero-order chi connectivity index (χ0) is 24.4. The number of ether oxygens (including phenoxy) is 4. The number of carbonyl (C=O) groups is 1. The van der Waals surface area contributed by atoms with Gasteiger partial charge >= 0.3 is 5.97 Å². The Balaban J connectivity index is 1.97. The molecule has 3 aromatic rings. The van der Waals surface area contributed by atoms with Gasteiger partial charge in [-0.05, 0) is 36.8 Å². The van der Waals surface area contributed by atoms with E-state index in [1.807, 2.05) is 24.3 Å². The number of para-hydroxylation sites is 1. The van der Waals surface area contributed by atoms with Crippen LogP contribution in [-0.2, 0) is 9.53 Å². The van der Waals surface area contributed by atoms with Crippen LogP contribution in [0.1, 0.15) is 24.1 Å². The van der Waals surface area contributed by atoms with Gasteiger partial charge < -0.3 is 18.9 Å². The second-order valence-electron chi connectivity index (χ2n) is 7.43. The van der Waals surface area contributed by atoms with Gasteiger partial charge in [-0.3, -0.25) is 9.36 Å². The third-order valence-corrected chi connectivity index (χ3v) is 6.56. The predicted molar refractivity (Wildman–Crippen MR) is 128 cm³/mol. The van der Waals surface area contributed by atoms with Crippen LogP contribution in [0.5, 0.6) is 17.2 Å². The molecule has 1 aliphatic rings. The molecule has 0 N–H and O–H groups in total. The molecule has 1 atom stereocenters. The molecule has 0 radical (unpaired) electrons. The fourth-order valence-electron chi connectivity index (χ4n) is 3.96. The lowest BCUT2D eigenvalue weighted by Crippen LogP contribution is -2.39. The first-order valence-corrected chi connectivity index (χ1v) is 11.2. The van der Waals surface area contributed by atoms with Gasteiger partial charge in [-0.2, -0.15) is 0 Å². The zero-order valence-electron chi connectivity index (χ0n) is 19.4. The molecule has 0 unspecified atom stereocenters. The first kappa shape index (κ1) is 23.3. The average molecular weight is 481 g/mol. The van der Waals surface area contributed by atoms with Crippen molar-refractivity contribution in [1.82, 2.24) is 4.57 Å². The molecule has 0 saturated carbocycles. The van der Waals surface area contributed by atoms with Crippen LogP contribution in [0.15, 0.2) is 63.5 Å². The summed E-state index contributed by atoms with van der Waals surface area (Å²) in [6.07, 6.45) is 1.74. The summed E-state index contributed by atoms with van der Waals surface area (Å²) in [7, 11) is 6.00. The maximum Gasteiger partial charge on any atom is 0.338 e. The number of carbonyl (C=O) groups excluding carboxylic acids is 1. The minimum Gasteiger partial charge on any atom is -0.497 e. The average Bonchev–Trinajstić information content (AvgIpc) is 3.16. The lowest BCUT2D eigenvalue weighted by molar-refractivity contribution is -0.136. The summed E-state index contributed by atoms with van der Waals surface area (Å²) in [4.78, 5) is 31.4. The number of methoxy groups -OCH3 is 4. The number of esters is 1. The van der Waals surface area contributed by atoms with Gasteiger partial charge in [-0.1, -0.05) is 35.6 Å². The van der Waals surface area contributed by atoms with Crippen molar-refractivity contribution >= 4 is 23.4 Å². The molecule has 34 heavy (non-hydrogen) atoms. The van der Waals surface area contributed by atoms with E-state index in [9.17, 15) is 9.59 Å². The van der Waals surface area contributed by atoms with Crippen LogP contribution in [0, 0.1) is 0 Å². The van der Waals surface area contributed by atoms with E-state index in [4.69, 9.17) is 18.9 Å². The fraction of sp³-hybridized carbons (Fsp3) is 0.240. The van der Waals surface area contributed by atoms with E-state index in [1.165, 1.54) is 23.0 Å². The normalized spacial score (nSPS) is 15.4. The molecule has 1 aliphatic heterocycles. The van der Waals surface area contributed by atoms with Gasteiger partial charge in [0, 0.05) is 5.56 Å². The topological polar surface area (TPSA) is 88.4 Å². The second kappa shape index (κ2) is 9.56. The monoisotopic (exact) mass is 480 g/mol. The van der Waals surface area contributed by atoms with Crippen molar-refractivity contribution in [2.75, 3.05) is 28.4 Å². The summed E-state index contributed by atoms with van der Waals surface area (Å²) in [6, 6.07) is 12.0. The molecule has 0 fully saturated rings. The largest absolute Gasteiger partial charge is 0.497 e. The molecule has 2 aromatic carbocycles. The number of hydrogen-bond acceptors (Lipinski definition) is 8. The highest BCUT2D eigenvalue weighted by molar-refractivity contribution is 7.07. The summed E-state index contributed by atoms with van der Waals surface area (Å²) in [6.45, 7) is 1.74. The Bertz CT molecular complexity index is 1450. The second-order valence-corrected chi connectivity index (χ2v) is 8.44. The maximum atomic E-state index is 13.7. The molecule has 1 aromatic heterocycles. The lowest BCUT2D eigenvalue weighted by Gasteiger charge is -2.24. The quantitative estimate of drug-likeness (QED) is 0.504. The molecule has 2 heterocycles. The third kappa shape index (κ3) is 3.99. The minimum absolute atomic E-state index is 0.275. The highest BCUT2D eigenvalue weighted by Gasteiger charge is 2.33. The first-order valence-electron chi connectivity index (χ1n) is 10.4. The Hall–Kier alpha value is -3.85. The molecule has 0 saturated heterocycles. The van der Waals surface area contributed by atoms with Gasteiger partial charge in [0.2, 0.25) is 0 Å². The zero-order valence-corrected chi connectivity index (χ0v) is 20.3. The van der Waals surface area contributed by atoms with E-state index < -0.39 is 12.0 Å². The number of fused-ring (bicyclic) bond motifs is 1. The SMILES string of the molecule is COC(=O)C1=C(C)N=c2sc(=Cc3cccc(OC)c3OC)c(=O)n2[C@@H]1c1ccc(OC)cc1. The van der Waals surface area contributed by atoms with E-state index in [-0.39, 0.29) is 5.56 Å². The van der Waals surface area contributed by atoms with Crippen LogP contribution in [0.3, 0.4) is 0 Å². The van der Waals surface area contributed by atoms with Gasteiger partial charge in [0.05, 0.1) is 50.3 Å². The van der Waals surface area contributed by atoms with Crippen molar-refractivity contribution in [3.63, 3.8) is 0 Å². The van der Waals surface area contributed by atoms with E-state index in [1.54, 1.807) is 52.5 Å². The van der Waals surface area contributed by atoms with Crippen molar-refractivity contribution < 1.29 is 23.7 Å². The third-order valence-electron chi connectivity index (χ3n) is 5.58. The van der Waals surface area contributed by atoms with Gasteiger partial charge in [-0.25, -0.2) is 9.79 Å². The lowest BCUT2D eigenvalue weighted by atomic mass is 9.96. The molecule has 0 amide bonds.